The van der Waals surface area contributed by atoms with Gasteiger partial charge in [0.15, 0.2) is 5.58 Å². The van der Waals surface area contributed by atoms with Gasteiger partial charge in [-0.2, -0.15) is 0 Å². The number of aliphatic hydroxyl groups is 1. The number of nitrogens with zero attached hydrogens (tertiary/aromatic N) is 2. The van der Waals surface area contributed by atoms with Crippen LogP contribution in [0.2, 0.25) is 0 Å². The molecule has 1 aliphatic rings. The molecular weight excluding hydrogens is 268 g/mol. The summed E-state index contributed by atoms with van der Waals surface area (Å²) in [6.45, 7) is 0.674. The van der Waals surface area contributed by atoms with Gasteiger partial charge in [-0.1, -0.05) is 12.1 Å². The van der Waals surface area contributed by atoms with Gasteiger partial charge in [-0.15, -0.1) is 0 Å². The van der Waals surface area contributed by atoms with Crippen LogP contribution in [0, 0.1) is 5.92 Å². The number of aliphatic hydroxyl groups excluding tert-OH is 1. The highest BCUT2D eigenvalue weighted by molar-refractivity contribution is 5.91. The summed E-state index contributed by atoms with van der Waals surface area (Å²) in [4.78, 5) is 17.9. The van der Waals surface area contributed by atoms with Gasteiger partial charge in [0, 0.05) is 25.7 Å². The van der Waals surface area contributed by atoms with Crippen molar-refractivity contribution < 1.29 is 14.3 Å². The molecule has 1 N–H and O–H groups in total. The van der Waals surface area contributed by atoms with E-state index in [4.69, 9.17) is 4.42 Å². The second-order valence-corrected chi connectivity index (χ2v) is 5.56. The predicted molar refractivity (Wildman–Crippen MR) is 79.4 cm³/mol. The number of hydrogen-bond donors (Lipinski definition) is 1. The molecular formula is C16H18N2O3. The van der Waals surface area contributed by atoms with Gasteiger partial charge < -0.3 is 14.4 Å². The van der Waals surface area contributed by atoms with Crippen molar-refractivity contribution in [3.05, 3.63) is 36.2 Å². The number of oxazole rings is 1. The lowest BCUT2D eigenvalue weighted by atomic mass is 9.82. The molecule has 0 radical (unpaired) electrons. The third kappa shape index (κ3) is 3.13. The van der Waals surface area contributed by atoms with Crippen LogP contribution < -0.4 is 0 Å². The monoisotopic (exact) mass is 286 g/mol. The largest absolute Gasteiger partial charge is 0.437 e. The zero-order valence-electron chi connectivity index (χ0n) is 11.9. The minimum atomic E-state index is -0.186. The number of likely N-dealkylation sites (N-methyl/N-ethyl adjacent to an activating group) is 1. The average Bonchev–Trinajstić information content (AvgIpc) is 2.85. The van der Waals surface area contributed by atoms with Crippen molar-refractivity contribution in [2.75, 3.05) is 13.6 Å². The number of para-hydroxylation sites is 2. The lowest BCUT2D eigenvalue weighted by Crippen LogP contribution is -2.38. The number of benzene rings is 1. The van der Waals surface area contributed by atoms with Crippen molar-refractivity contribution in [2.24, 2.45) is 5.92 Å². The molecule has 0 unspecified atom stereocenters. The highest BCUT2D eigenvalue weighted by Crippen LogP contribution is 2.27. The highest BCUT2D eigenvalue weighted by Gasteiger charge is 2.28. The van der Waals surface area contributed by atoms with Crippen LogP contribution in [0.5, 0.6) is 0 Å². The van der Waals surface area contributed by atoms with Crippen molar-refractivity contribution in [3.8, 4) is 0 Å². The molecule has 3 rings (SSSR count). The molecule has 0 bridgehead atoms. The number of rotatable bonds is 4. The molecule has 110 valence electrons. The lowest BCUT2D eigenvalue weighted by Gasteiger charge is -2.34. The van der Waals surface area contributed by atoms with E-state index in [1.807, 2.05) is 24.3 Å². The summed E-state index contributed by atoms with van der Waals surface area (Å²) in [6, 6.07) is 7.48. The van der Waals surface area contributed by atoms with E-state index < -0.39 is 0 Å². The molecule has 1 aromatic carbocycles. The fourth-order valence-electron chi connectivity index (χ4n) is 2.56. The Labute approximate surface area is 122 Å². The second kappa shape index (κ2) is 5.69. The third-order valence-electron chi connectivity index (χ3n) is 3.80. The minimum absolute atomic E-state index is 0.0846. The second-order valence-electron chi connectivity index (χ2n) is 5.56. The van der Waals surface area contributed by atoms with Crippen LogP contribution in [0.3, 0.4) is 0 Å². The number of carbonyl (C=O) groups excluding carboxylic acids is 1. The van der Waals surface area contributed by atoms with Crippen LogP contribution in [0.4, 0.5) is 0 Å². The SMILES string of the molecule is CN(CC1CC(O)C1)C(=O)C=Cc1nc2ccccc2o1. The van der Waals surface area contributed by atoms with E-state index in [1.165, 1.54) is 6.08 Å². The van der Waals surface area contributed by atoms with Crippen LogP contribution >= 0.6 is 0 Å². The van der Waals surface area contributed by atoms with E-state index in [2.05, 4.69) is 4.98 Å². The van der Waals surface area contributed by atoms with Crippen LogP contribution in [0.15, 0.2) is 34.8 Å². The summed E-state index contributed by atoms with van der Waals surface area (Å²) < 4.78 is 5.52. The van der Waals surface area contributed by atoms with Crippen LogP contribution in [-0.4, -0.2) is 40.6 Å². The van der Waals surface area contributed by atoms with Gasteiger partial charge in [-0.05, 0) is 30.9 Å². The summed E-state index contributed by atoms with van der Waals surface area (Å²) in [7, 11) is 1.77. The van der Waals surface area contributed by atoms with Gasteiger partial charge in [0.2, 0.25) is 11.8 Å². The maximum Gasteiger partial charge on any atom is 0.246 e. The first-order chi connectivity index (χ1) is 10.1. The molecule has 1 amide bonds. The molecule has 0 saturated heterocycles. The first-order valence-corrected chi connectivity index (χ1v) is 7.08. The maximum absolute atomic E-state index is 12.0. The topological polar surface area (TPSA) is 66.6 Å². The Hall–Kier alpha value is -2.14. The number of amides is 1. The minimum Gasteiger partial charge on any atom is -0.437 e. The summed E-state index contributed by atoms with van der Waals surface area (Å²) in [5.74, 6) is 0.752. The van der Waals surface area contributed by atoms with Gasteiger partial charge in [-0.25, -0.2) is 4.98 Å². The Kier molecular flexibility index (Phi) is 3.75. The van der Waals surface area contributed by atoms with E-state index in [0.717, 1.165) is 18.4 Å². The molecule has 0 aliphatic heterocycles. The van der Waals surface area contributed by atoms with E-state index >= 15 is 0 Å². The average molecular weight is 286 g/mol. The zero-order chi connectivity index (χ0) is 14.8. The predicted octanol–water partition coefficient (Wildman–Crippen LogP) is 2.07. The first kappa shape index (κ1) is 13.8. The fraction of sp³-hybridized carbons (Fsp3) is 0.375. The van der Waals surface area contributed by atoms with E-state index in [9.17, 15) is 9.90 Å². The Morgan fingerprint density at radius 3 is 2.95 bits per heavy atom. The molecule has 1 heterocycles. The molecule has 5 heteroatoms. The van der Waals surface area contributed by atoms with Gasteiger partial charge in [0.25, 0.3) is 0 Å². The van der Waals surface area contributed by atoms with Gasteiger partial charge >= 0.3 is 0 Å². The Balaban J connectivity index is 1.60. The smallest absolute Gasteiger partial charge is 0.246 e. The van der Waals surface area contributed by atoms with Gasteiger partial charge in [-0.3, -0.25) is 4.79 Å². The van der Waals surface area contributed by atoms with Crippen LogP contribution in [0.1, 0.15) is 18.7 Å². The summed E-state index contributed by atoms with van der Waals surface area (Å²) in [6.07, 6.45) is 4.45. The maximum atomic E-state index is 12.0. The molecule has 5 nitrogen and oxygen atoms in total. The Bertz CT molecular complexity index is 638. The molecule has 1 aliphatic carbocycles. The van der Waals surface area contributed by atoms with Crippen molar-refractivity contribution >= 4 is 23.1 Å². The molecule has 2 aromatic rings. The number of hydrogen-bond acceptors (Lipinski definition) is 4. The van der Waals surface area contributed by atoms with E-state index in [0.29, 0.717) is 23.9 Å². The molecule has 1 fully saturated rings. The molecule has 1 saturated carbocycles. The summed E-state index contributed by atoms with van der Waals surface area (Å²) in [5.41, 5.74) is 1.49. The molecule has 0 atom stereocenters. The summed E-state index contributed by atoms with van der Waals surface area (Å²) in [5, 5.41) is 9.25. The molecule has 21 heavy (non-hydrogen) atoms. The van der Waals surface area contributed by atoms with Crippen molar-refractivity contribution in [3.63, 3.8) is 0 Å². The standard InChI is InChI=1S/C16H18N2O3/c1-18(10-11-8-12(19)9-11)16(20)7-6-15-17-13-4-2-3-5-14(13)21-15/h2-7,11-12,19H,8-10H2,1H3. The van der Waals surface area contributed by atoms with Gasteiger partial charge in [0.05, 0.1) is 6.10 Å². The van der Waals surface area contributed by atoms with Crippen molar-refractivity contribution in [1.29, 1.82) is 0 Å². The molecule has 0 spiro atoms. The number of carbonyl (C=O) groups is 1. The normalized spacial score (nSPS) is 21.6. The quantitative estimate of drug-likeness (QED) is 0.874. The Morgan fingerprint density at radius 1 is 1.48 bits per heavy atom. The van der Waals surface area contributed by atoms with E-state index in [1.54, 1.807) is 18.0 Å². The van der Waals surface area contributed by atoms with Crippen LogP contribution in [-0.2, 0) is 4.79 Å². The Morgan fingerprint density at radius 2 is 2.24 bits per heavy atom. The summed E-state index contributed by atoms with van der Waals surface area (Å²) >= 11 is 0. The van der Waals surface area contributed by atoms with E-state index in [-0.39, 0.29) is 12.0 Å². The van der Waals surface area contributed by atoms with Crippen molar-refractivity contribution in [2.45, 2.75) is 18.9 Å². The lowest BCUT2D eigenvalue weighted by molar-refractivity contribution is -0.126. The first-order valence-electron chi connectivity index (χ1n) is 7.08. The number of fused-ring (bicyclic) bond motifs is 1. The number of aromatic nitrogens is 1. The molecule has 1 aromatic heterocycles. The third-order valence-corrected chi connectivity index (χ3v) is 3.80. The van der Waals surface area contributed by atoms with Crippen LogP contribution in [0.25, 0.3) is 17.2 Å². The van der Waals surface area contributed by atoms with Gasteiger partial charge in [0.1, 0.15) is 5.52 Å². The fourth-order valence-corrected chi connectivity index (χ4v) is 2.56. The zero-order valence-corrected chi connectivity index (χ0v) is 11.9. The highest BCUT2D eigenvalue weighted by atomic mass is 16.3. The van der Waals surface area contributed by atoms with Crippen molar-refractivity contribution in [1.82, 2.24) is 9.88 Å².